The van der Waals surface area contributed by atoms with E-state index in [0.29, 0.717) is 5.92 Å². The van der Waals surface area contributed by atoms with E-state index >= 15 is 0 Å². The highest BCUT2D eigenvalue weighted by atomic mass is 35.5. The van der Waals surface area contributed by atoms with Crippen LogP contribution in [0.1, 0.15) is 13.8 Å². The molecule has 1 atom stereocenters. The zero-order valence-electron chi connectivity index (χ0n) is 9.84. The summed E-state index contributed by atoms with van der Waals surface area (Å²) in [6, 6.07) is 0. The summed E-state index contributed by atoms with van der Waals surface area (Å²) in [6.45, 7) is 11.2. The Hall–Kier alpha value is 0.170. The Kier molecular flexibility index (Phi) is 6.57. The van der Waals surface area contributed by atoms with E-state index in [9.17, 15) is 0 Å². The molecule has 0 aromatic heterocycles. The van der Waals surface area contributed by atoms with E-state index in [2.05, 4.69) is 24.1 Å². The number of hydrogen-bond acceptors (Lipinski definition) is 3. The topological polar surface area (TPSA) is 24.5 Å². The number of rotatable bonds is 6. The zero-order valence-corrected chi connectivity index (χ0v) is 10.6. The Morgan fingerprint density at radius 2 is 2.00 bits per heavy atom. The molecule has 1 N–H and O–H groups in total. The quantitative estimate of drug-likeness (QED) is 0.552. The minimum atomic E-state index is 0.245. The average molecular weight is 235 g/mol. The predicted molar refractivity (Wildman–Crippen MR) is 64.6 cm³/mol. The molecule has 0 aliphatic carbocycles. The number of nitrogens with zero attached hydrogens (tertiary/aromatic N) is 1. The van der Waals surface area contributed by atoms with Crippen molar-refractivity contribution >= 4 is 11.6 Å². The molecule has 0 spiro atoms. The first-order valence-corrected chi connectivity index (χ1v) is 6.28. The number of nitrogens with one attached hydrogen (secondary N) is 1. The van der Waals surface area contributed by atoms with Gasteiger partial charge >= 0.3 is 0 Å². The molecule has 1 aliphatic heterocycles. The molecule has 1 heterocycles. The van der Waals surface area contributed by atoms with Gasteiger partial charge in [-0.1, -0.05) is 13.8 Å². The van der Waals surface area contributed by atoms with E-state index in [1.807, 2.05) is 0 Å². The third-order valence-corrected chi connectivity index (χ3v) is 3.43. The van der Waals surface area contributed by atoms with Gasteiger partial charge in [-0.05, 0) is 5.92 Å². The minimum Gasteiger partial charge on any atom is -0.379 e. The third kappa shape index (κ3) is 5.71. The first-order chi connectivity index (χ1) is 7.20. The van der Waals surface area contributed by atoms with Crippen LogP contribution in [0, 0.1) is 5.92 Å². The second-order valence-corrected chi connectivity index (χ2v) is 4.98. The highest BCUT2D eigenvalue weighted by Crippen LogP contribution is 2.07. The van der Waals surface area contributed by atoms with Gasteiger partial charge in [-0.3, -0.25) is 4.90 Å². The molecule has 90 valence electrons. The second kappa shape index (κ2) is 7.44. The van der Waals surface area contributed by atoms with Gasteiger partial charge in [0.05, 0.1) is 13.2 Å². The lowest BCUT2D eigenvalue weighted by atomic mass is 10.1. The molecule has 3 nitrogen and oxygen atoms in total. The van der Waals surface area contributed by atoms with Gasteiger partial charge in [0.25, 0.3) is 0 Å². The molecule has 15 heavy (non-hydrogen) atoms. The van der Waals surface area contributed by atoms with Crippen LogP contribution in [0.5, 0.6) is 0 Å². The van der Waals surface area contributed by atoms with Crippen LogP contribution in [-0.4, -0.2) is 56.2 Å². The minimum absolute atomic E-state index is 0.245. The fraction of sp³-hybridized carbons (Fsp3) is 1.00. The maximum Gasteiger partial charge on any atom is 0.0594 e. The van der Waals surface area contributed by atoms with Gasteiger partial charge in [-0.25, -0.2) is 0 Å². The fourth-order valence-electron chi connectivity index (χ4n) is 1.54. The maximum atomic E-state index is 6.14. The summed E-state index contributed by atoms with van der Waals surface area (Å²) < 4.78 is 5.29. The molecule has 1 fully saturated rings. The zero-order chi connectivity index (χ0) is 11.1. The van der Waals surface area contributed by atoms with Crippen LogP contribution in [0.15, 0.2) is 0 Å². The summed E-state index contributed by atoms with van der Waals surface area (Å²) in [7, 11) is 0. The maximum absolute atomic E-state index is 6.14. The molecule has 0 aromatic rings. The van der Waals surface area contributed by atoms with Crippen LogP contribution in [0.3, 0.4) is 0 Å². The van der Waals surface area contributed by atoms with E-state index in [1.54, 1.807) is 0 Å². The number of halogens is 1. The van der Waals surface area contributed by atoms with Crippen molar-refractivity contribution in [2.45, 2.75) is 19.2 Å². The molecule has 0 amide bonds. The van der Waals surface area contributed by atoms with Crippen molar-refractivity contribution in [3.63, 3.8) is 0 Å². The Bertz CT molecular complexity index is 161. The monoisotopic (exact) mass is 234 g/mol. The van der Waals surface area contributed by atoms with Crippen molar-refractivity contribution in [3.05, 3.63) is 0 Å². The molecule has 1 unspecified atom stereocenters. The standard InChI is InChI=1S/C11H23ClN2O/c1-10(2)11(12)9-13-3-4-14-5-7-15-8-6-14/h10-11,13H,3-9H2,1-2H3. The SMILES string of the molecule is CC(C)C(Cl)CNCCN1CCOCC1. The number of hydrogen-bond donors (Lipinski definition) is 1. The van der Waals surface area contributed by atoms with Crippen LogP contribution in [-0.2, 0) is 4.74 Å². The molecule has 0 radical (unpaired) electrons. The molecule has 1 rings (SSSR count). The third-order valence-electron chi connectivity index (χ3n) is 2.77. The van der Waals surface area contributed by atoms with Crippen molar-refractivity contribution in [1.82, 2.24) is 10.2 Å². The van der Waals surface area contributed by atoms with Crippen molar-refractivity contribution in [2.75, 3.05) is 45.9 Å². The Labute approximate surface area is 98.1 Å². The summed E-state index contributed by atoms with van der Waals surface area (Å²) >= 11 is 6.14. The number of ether oxygens (including phenoxy) is 1. The molecular formula is C11H23ClN2O. The lowest BCUT2D eigenvalue weighted by molar-refractivity contribution is 0.0384. The van der Waals surface area contributed by atoms with Crippen molar-refractivity contribution < 1.29 is 4.74 Å². The summed E-state index contributed by atoms with van der Waals surface area (Å²) in [5.41, 5.74) is 0. The van der Waals surface area contributed by atoms with Gasteiger partial charge < -0.3 is 10.1 Å². The van der Waals surface area contributed by atoms with E-state index in [0.717, 1.165) is 45.9 Å². The van der Waals surface area contributed by atoms with E-state index in [-0.39, 0.29) is 5.38 Å². The molecule has 0 bridgehead atoms. The fourth-order valence-corrected chi connectivity index (χ4v) is 1.65. The molecule has 1 aliphatic rings. The highest BCUT2D eigenvalue weighted by Gasteiger charge is 2.11. The van der Waals surface area contributed by atoms with Crippen molar-refractivity contribution in [1.29, 1.82) is 0 Å². The molecule has 0 aromatic carbocycles. The van der Waals surface area contributed by atoms with E-state index in [1.165, 1.54) is 0 Å². The molecule has 1 saturated heterocycles. The van der Waals surface area contributed by atoms with Gasteiger partial charge in [0.1, 0.15) is 0 Å². The van der Waals surface area contributed by atoms with Crippen molar-refractivity contribution in [3.8, 4) is 0 Å². The largest absolute Gasteiger partial charge is 0.379 e. The van der Waals surface area contributed by atoms with E-state index in [4.69, 9.17) is 16.3 Å². The highest BCUT2D eigenvalue weighted by molar-refractivity contribution is 6.20. The molecule has 0 saturated carbocycles. The lowest BCUT2D eigenvalue weighted by Crippen LogP contribution is -2.41. The van der Waals surface area contributed by atoms with Gasteiger partial charge in [-0.15, -0.1) is 11.6 Å². The van der Waals surface area contributed by atoms with Gasteiger partial charge in [-0.2, -0.15) is 0 Å². The van der Waals surface area contributed by atoms with Crippen LogP contribution < -0.4 is 5.32 Å². The summed E-state index contributed by atoms with van der Waals surface area (Å²) in [4.78, 5) is 2.43. The number of alkyl halides is 1. The summed E-state index contributed by atoms with van der Waals surface area (Å²) in [5.74, 6) is 0.544. The molecular weight excluding hydrogens is 212 g/mol. The van der Waals surface area contributed by atoms with E-state index < -0.39 is 0 Å². The van der Waals surface area contributed by atoms with Crippen LogP contribution in [0.4, 0.5) is 0 Å². The smallest absolute Gasteiger partial charge is 0.0594 e. The Morgan fingerprint density at radius 3 is 2.60 bits per heavy atom. The Morgan fingerprint density at radius 1 is 1.33 bits per heavy atom. The first kappa shape index (κ1) is 13.2. The van der Waals surface area contributed by atoms with Crippen LogP contribution in [0.25, 0.3) is 0 Å². The van der Waals surface area contributed by atoms with Gasteiger partial charge in [0, 0.05) is 38.1 Å². The summed E-state index contributed by atoms with van der Waals surface area (Å²) in [6.07, 6.45) is 0. The predicted octanol–water partition coefficient (Wildman–Crippen LogP) is 1.17. The van der Waals surface area contributed by atoms with Gasteiger partial charge in [0.15, 0.2) is 0 Å². The first-order valence-electron chi connectivity index (χ1n) is 5.85. The Balaban J connectivity index is 1.96. The normalized spacial score (nSPS) is 20.8. The van der Waals surface area contributed by atoms with Crippen LogP contribution in [0.2, 0.25) is 0 Å². The van der Waals surface area contributed by atoms with Crippen molar-refractivity contribution in [2.24, 2.45) is 5.92 Å². The van der Waals surface area contributed by atoms with Gasteiger partial charge in [0.2, 0.25) is 0 Å². The second-order valence-electron chi connectivity index (χ2n) is 4.42. The summed E-state index contributed by atoms with van der Waals surface area (Å²) in [5, 5.41) is 3.64. The number of morpholine rings is 1. The van der Waals surface area contributed by atoms with Crippen LogP contribution >= 0.6 is 11.6 Å². The lowest BCUT2D eigenvalue weighted by Gasteiger charge is -2.26. The molecule has 4 heteroatoms. The average Bonchev–Trinajstić information content (AvgIpc) is 2.25.